The van der Waals surface area contributed by atoms with Gasteiger partial charge in [-0.1, -0.05) is 30.3 Å². The lowest BCUT2D eigenvalue weighted by atomic mass is 10.0. The molecule has 1 heterocycles. The highest BCUT2D eigenvalue weighted by Crippen LogP contribution is 2.30. The zero-order chi connectivity index (χ0) is 19.3. The van der Waals surface area contributed by atoms with Crippen molar-refractivity contribution in [2.24, 2.45) is 5.92 Å². The molecule has 0 aromatic heterocycles. The minimum atomic E-state index is -0.486. The molecule has 144 valence electrons. The molecule has 2 rings (SSSR count). The number of rotatable bonds is 6. The van der Waals surface area contributed by atoms with Crippen LogP contribution < -0.4 is 0 Å². The summed E-state index contributed by atoms with van der Waals surface area (Å²) in [5.41, 5.74) is 0.495. The van der Waals surface area contributed by atoms with E-state index in [1.807, 2.05) is 69.9 Å². The number of hydrogen-bond acceptors (Lipinski definition) is 4. The smallest absolute Gasteiger partial charge is 0.310 e. The minimum Gasteiger partial charge on any atom is -0.460 e. The molecule has 0 saturated carbocycles. The number of ether oxygens (including phenoxy) is 1. The van der Waals surface area contributed by atoms with Gasteiger partial charge in [0.25, 0.3) is 0 Å². The molecule has 0 aliphatic carbocycles. The van der Waals surface area contributed by atoms with Crippen LogP contribution in [-0.4, -0.2) is 53.5 Å². The van der Waals surface area contributed by atoms with Crippen LogP contribution in [0.3, 0.4) is 0 Å². The van der Waals surface area contributed by atoms with Gasteiger partial charge in [-0.3, -0.25) is 14.5 Å². The van der Waals surface area contributed by atoms with Crippen LogP contribution in [0.15, 0.2) is 30.3 Å². The quantitative estimate of drug-likeness (QED) is 0.731. The van der Waals surface area contributed by atoms with E-state index in [1.54, 1.807) is 0 Å². The molecule has 26 heavy (non-hydrogen) atoms. The highest BCUT2D eigenvalue weighted by atomic mass is 16.6. The van der Waals surface area contributed by atoms with Crippen LogP contribution in [0.4, 0.5) is 0 Å². The topological polar surface area (TPSA) is 49.9 Å². The first-order valence-electron chi connectivity index (χ1n) is 9.57. The Morgan fingerprint density at radius 1 is 1.19 bits per heavy atom. The number of carbonyl (C=O) groups excluding carboxylic acids is 2. The van der Waals surface area contributed by atoms with Gasteiger partial charge in [-0.25, -0.2) is 0 Å². The number of hydrogen-bond donors (Lipinski definition) is 0. The van der Waals surface area contributed by atoms with Crippen LogP contribution in [0.1, 0.15) is 52.6 Å². The number of likely N-dealkylation sites (tertiary alicyclic amines) is 1. The van der Waals surface area contributed by atoms with Crippen molar-refractivity contribution < 1.29 is 14.3 Å². The second-order valence-corrected chi connectivity index (χ2v) is 7.84. The summed E-state index contributed by atoms with van der Waals surface area (Å²) in [7, 11) is 0. The number of benzene rings is 1. The SMILES string of the molecule is CCN(CC)C(=O)C(c1ccccc1)N1CCC(C(=O)OC(C)(C)C)C1. The van der Waals surface area contributed by atoms with E-state index in [0.29, 0.717) is 19.6 Å². The summed E-state index contributed by atoms with van der Waals surface area (Å²) in [6, 6.07) is 9.51. The van der Waals surface area contributed by atoms with E-state index < -0.39 is 5.60 Å². The van der Waals surface area contributed by atoms with Crippen molar-refractivity contribution >= 4 is 11.9 Å². The Morgan fingerprint density at radius 2 is 1.81 bits per heavy atom. The monoisotopic (exact) mass is 360 g/mol. The molecule has 0 spiro atoms. The Hall–Kier alpha value is -1.88. The zero-order valence-corrected chi connectivity index (χ0v) is 16.7. The van der Waals surface area contributed by atoms with Crippen LogP contribution in [0, 0.1) is 5.92 Å². The fraction of sp³-hybridized carbons (Fsp3) is 0.619. The lowest BCUT2D eigenvalue weighted by Gasteiger charge is -2.32. The molecule has 0 N–H and O–H groups in total. The molecule has 1 aromatic rings. The van der Waals surface area contributed by atoms with Crippen molar-refractivity contribution in [2.45, 2.75) is 52.7 Å². The highest BCUT2D eigenvalue weighted by molar-refractivity contribution is 5.83. The van der Waals surface area contributed by atoms with Crippen molar-refractivity contribution in [3.05, 3.63) is 35.9 Å². The van der Waals surface area contributed by atoms with Crippen LogP contribution in [0.25, 0.3) is 0 Å². The van der Waals surface area contributed by atoms with Gasteiger partial charge in [0.2, 0.25) is 5.91 Å². The number of carbonyl (C=O) groups is 2. The molecule has 1 aliphatic heterocycles. The van der Waals surface area contributed by atoms with E-state index in [4.69, 9.17) is 4.74 Å². The number of amides is 1. The van der Waals surface area contributed by atoms with Crippen LogP contribution in [0.2, 0.25) is 0 Å². The Balaban J connectivity index is 2.19. The molecule has 1 aromatic carbocycles. The first kappa shape index (κ1) is 20.4. The third-order valence-electron chi connectivity index (χ3n) is 4.75. The average Bonchev–Trinajstić information content (AvgIpc) is 3.05. The Morgan fingerprint density at radius 3 is 2.35 bits per heavy atom. The number of esters is 1. The summed E-state index contributed by atoms with van der Waals surface area (Å²) >= 11 is 0. The highest BCUT2D eigenvalue weighted by Gasteiger charge is 2.38. The van der Waals surface area contributed by atoms with E-state index in [0.717, 1.165) is 18.5 Å². The van der Waals surface area contributed by atoms with Crippen LogP contribution in [0.5, 0.6) is 0 Å². The fourth-order valence-corrected chi connectivity index (χ4v) is 3.45. The molecule has 0 bridgehead atoms. The van der Waals surface area contributed by atoms with Crippen LogP contribution >= 0.6 is 0 Å². The lowest BCUT2D eigenvalue weighted by Crippen LogP contribution is -2.42. The van der Waals surface area contributed by atoms with Gasteiger partial charge in [-0.2, -0.15) is 0 Å². The summed E-state index contributed by atoms with van der Waals surface area (Å²) in [5, 5.41) is 0. The molecule has 2 unspecified atom stereocenters. The number of nitrogens with zero attached hydrogens (tertiary/aromatic N) is 2. The minimum absolute atomic E-state index is 0.103. The van der Waals surface area contributed by atoms with Gasteiger partial charge >= 0.3 is 5.97 Å². The molecular formula is C21H32N2O3. The molecule has 0 radical (unpaired) electrons. The van der Waals surface area contributed by atoms with E-state index >= 15 is 0 Å². The molecule has 1 saturated heterocycles. The van der Waals surface area contributed by atoms with Crippen molar-refractivity contribution in [1.29, 1.82) is 0 Å². The third-order valence-corrected chi connectivity index (χ3v) is 4.75. The predicted octanol–water partition coefficient (Wildman–Crippen LogP) is 3.26. The van der Waals surface area contributed by atoms with Gasteiger partial charge in [-0.15, -0.1) is 0 Å². The normalized spacial score (nSPS) is 19.2. The maximum atomic E-state index is 13.2. The molecule has 1 aliphatic rings. The van der Waals surface area contributed by atoms with Gasteiger partial charge < -0.3 is 9.64 Å². The van der Waals surface area contributed by atoms with Gasteiger partial charge in [0.15, 0.2) is 0 Å². The van der Waals surface area contributed by atoms with E-state index in [1.165, 1.54) is 0 Å². The largest absolute Gasteiger partial charge is 0.460 e. The third kappa shape index (κ3) is 5.07. The standard InChI is InChI=1S/C21H32N2O3/c1-6-22(7-2)19(24)18(16-11-9-8-10-12-16)23-14-13-17(15-23)20(25)26-21(3,4)5/h8-12,17-18H,6-7,13-15H2,1-5H3. The van der Waals surface area contributed by atoms with Crippen molar-refractivity contribution in [3.63, 3.8) is 0 Å². The van der Waals surface area contributed by atoms with Crippen molar-refractivity contribution in [2.75, 3.05) is 26.2 Å². The summed E-state index contributed by atoms with van der Waals surface area (Å²) in [4.78, 5) is 29.6. The summed E-state index contributed by atoms with van der Waals surface area (Å²) in [6.45, 7) is 12.3. The molecule has 5 nitrogen and oxygen atoms in total. The summed E-state index contributed by atoms with van der Waals surface area (Å²) in [5.74, 6) is -0.238. The summed E-state index contributed by atoms with van der Waals surface area (Å²) in [6.07, 6.45) is 0.726. The summed E-state index contributed by atoms with van der Waals surface area (Å²) < 4.78 is 5.54. The first-order chi connectivity index (χ1) is 12.3. The maximum absolute atomic E-state index is 13.2. The van der Waals surface area contributed by atoms with Crippen molar-refractivity contribution in [1.82, 2.24) is 9.80 Å². The Kier molecular flexibility index (Phi) is 6.81. The Labute approximate surface area is 157 Å². The second-order valence-electron chi connectivity index (χ2n) is 7.84. The molecule has 5 heteroatoms. The van der Waals surface area contributed by atoms with E-state index in [9.17, 15) is 9.59 Å². The Bertz CT molecular complexity index is 605. The second kappa shape index (κ2) is 8.67. The van der Waals surface area contributed by atoms with Gasteiger partial charge in [-0.05, 0) is 46.6 Å². The molecule has 2 atom stereocenters. The number of likely N-dealkylation sites (N-methyl/N-ethyl adjacent to an activating group) is 1. The maximum Gasteiger partial charge on any atom is 0.310 e. The van der Waals surface area contributed by atoms with Gasteiger partial charge in [0, 0.05) is 26.2 Å². The van der Waals surface area contributed by atoms with Crippen LogP contribution in [-0.2, 0) is 14.3 Å². The zero-order valence-electron chi connectivity index (χ0n) is 16.7. The molecular weight excluding hydrogens is 328 g/mol. The fourth-order valence-electron chi connectivity index (χ4n) is 3.45. The van der Waals surface area contributed by atoms with Gasteiger partial charge in [0.05, 0.1) is 5.92 Å². The first-order valence-corrected chi connectivity index (χ1v) is 9.57. The molecule has 1 fully saturated rings. The predicted molar refractivity (Wildman–Crippen MR) is 103 cm³/mol. The van der Waals surface area contributed by atoms with E-state index in [-0.39, 0.29) is 23.8 Å². The van der Waals surface area contributed by atoms with Gasteiger partial charge in [0.1, 0.15) is 11.6 Å². The van der Waals surface area contributed by atoms with Crippen molar-refractivity contribution in [3.8, 4) is 0 Å². The average molecular weight is 360 g/mol. The van der Waals surface area contributed by atoms with E-state index in [2.05, 4.69) is 4.90 Å². The molecule has 1 amide bonds. The lowest BCUT2D eigenvalue weighted by molar-refractivity contribution is -0.159.